The fourth-order valence-electron chi connectivity index (χ4n) is 1.67. The smallest absolute Gasteiger partial charge is 0.371 e. The van der Waals surface area contributed by atoms with Crippen LogP contribution in [0.25, 0.3) is 0 Å². The number of amides is 1. The van der Waals surface area contributed by atoms with Crippen molar-refractivity contribution in [1.82, 2.24) is 4.98 Å². The van der Waals surface area contributed by atoms with Gasteiger partial charge in [-0.2, -0.15) is 0 Å². The lowest BCUT2D eigenvalue weighted by Crippen LogP contribution is -2.30. The molecule has 0 saturated heterocycles. The van der Waals surface area contributed by atoms with Crippen LogP contribution in [0.1, 0.15) is 28.0 Å². The monoisotopic (exact) mass is 260 g/mol. The average Bonchev–Trinajstić information content (AvgIpc) is 2.90. The van der Waals surface area contributed by atoms with Crippen LogP contribution < -0.4 is 4.90 Å². The molecular formula is C13H12N2O4. The lowest BCUT2D eigenvalue weighted by atomic mass is 10.3. The van der Waals surface area contributed by atoms with Gasteiger partial charge in [0.05, 0.1) is 0 Å². The summed E-state index contributed by atoms with van der Waals surface area (Å²) in [5.41, 5.74) is 0.677. The molecule has 1 amide bonds. The molecule has 0 radical (unpaired) electrons. The van der Waals surface area contributed by atoms with E-state index in [1.54, 1.807) is 24.5 Å². The van der Waals surface area contributed by atoms with Crippen molar-refractivity contribution >= 4 is 17.6 Å². The molecule has 2 rings (SSSR count). The molecule has 0 aliphatic rings. The highest BCUT2D eigenvalue weighted by Gasteiger charge is 2.21. The van der Waals surface area contributed by atoms with Gasteiger partial charge < -0.3 is 14.4 Å². The molecule has 6 nitrogen and oxygen atoms in total. The number of hydrogen-bond acceptors (Lipinski definition) is 4. The third-order valence-electron chi connectivity index (χ3n) is 2.56. The summed E-state index contributed by atoms with van der Waals surface area (Å²) in [6.07, 6.45) is 3.16. The molecule has 1 N–H and O–H groups in total. The van der Waals surface area contributed by atoms with Crippen molar-refractivity contribution in [2.24, 2.45) is 0 Å². The van der Waals surface area contributed by atoms with Gasteiger partial charge in [-0.3, -0.25) is 9.78 Å². The molecule has 0 unspecified atom stereocenters. The Kier molecular flexibility index (Phi) is 3.61. The number of aromatic nitrogens is 1. The molecule has 0 aliphatic heterocycles. The van der Waals surface area contributed by atoms with Crippen molar-refractivity contribution in [3.8, 4) is 0 Å². The lowest BCUT2D eigenvalue weighted by molar-refractivity contribution is 0.0660. The van der Waals surface area contributed by atoms with E-state index in [-0.39, 0.29) is 17.4 Å². The van der Waals surface area contributed by atoms with Gasteiger partial charge in [-0.05, 0) is 31.2 Å². The van der Waals surface area contributed by atoms with Gasteiger partial charge in [0, 0.05) is 24.6 Å². The summed E-state index contributed by atoms with van der Waals surface area (Å²) in [5, 5.41) is 8.77. The standard InChI is InChI=1S/C13H12N2O4/c1-2-15(9-5-7-14-8-6-9)12(16)10-3-4-11(19-10)13(17)18/h3-8H,2H2,1H3,(H,17,18). The molecule has 19 heavy (non-hydrogen) atoms. The van der Waals surface area contributed by atoms with Crippen molar-refractivity contribution in [3.63, 3.8) is 0 Å². The van der Waals surface area contributed by atoms with E-state index in [4.69, 9.17) is 9.52 Å². The van der Waals surface area contributed by atoms with Crippen molar-refractivity contribution in [3.05, 3.63) is 48.2 Å². The Labute approximate surface area is 109 Å². The third-order valence-corrected chi connectivity index (χ3v) is 2.56. The SMILES string of the molecule is CCN(C(=O)c1ccc(C(=O)O)o1)c1ccncc1. The van der Waals surface area contributed by atoms with E-state index in [9.17, 15) is 9.59 Å². The largest absolute Gasteiger partial charge is 0.475 e. The minimum Gasteiger partial charge on any atom is -0.475 e. The van der Waals surface area contributed by atoms with E-state index < -0.39 is 5.97 Å². The molecule has 0 fully saturated rings. The topological polar surface area (TPSA) is 83.6 Å². The molecule has 0 saturated carbocycles. The zero-order chi connectivity index (χ0) is 13.8. The highest BCUT2D eigenvalue weighted by atomic mass is 16.4. The number of nitrogens with zero attached hydrogens (tertiary/aromatic N) is 2. The quantitative estimate of drug-likeness (QED) is 0.909. The van der Waals surface area contributed by atoms with E-state index >= 15 is 0 Å². The Bertz CT molecular complexity index is 592. The zero-order valence-corrected chi connectivity index (χ0v) is 10.2. The van der Waals surface area contributed by atoms with Crippen molar-refractivity contribution in [2.75, 3.05) is 11.4 Å². The number of carbonyl (C=O) groups excluding carboxylic acids is 1. The van der Waals surface area contributed by atoms with Gasteiger partial charge >= 0.3 is 5.97 Å². The average molecular weight is 260 g/mol. The Morgan fingerprint density at radius 1 is 1.21 bits per heavy atom. The predicted molar refractivity (Wildman–Crippen MR) is 67.3 cm³/mol. The van der Waals surface area contributed by atoms with Gasteiger partial charge in [0.25, 0.3) is 5.91 Å². The lowest BCUT2D eigenvalue weighted by Gasteiger charge is -2.19. The Hall–Kier alpha value is -2.63. The second kappa shape index (κ2) is 5.34. The van der Waals surface area contributed by atoms with Crippen LogP contribution in [-0.2, 0) is 0 Å². The Morgan fingerprint density at radius 3 is 2.37 bits per heavy atom. The van der Waals surface area contributed by atoms with Crippen LogP contribution in [0.4, 0.5) is 5.69 Å². The van der Waals surface area contributed by atoms with E-state index in [2.05, 4.69) is 4.98 Å². The van der Waals surface area contributed by atoms with Gasteiger partial charge in [0.2, 0.25) is 5.76 Å². The fourth-order valence-corrected chi connectivity index (χ4v) is 1.67. The Morgan fingerprint density at radius 2 is 1.84 bits per heavy atom. The van der Waals surface area contributed by atoms with Gasteiger partial charge in [-0.1, -0.05) is 0 Å². The summed E-state index contributed by atoms with van der Waals surface area (Å²) in [7, 11) is 0. The predicted octanol–water partition coefficient (Wildman–Crippen LogP) is 2.04. The highest BCUT2D eigenvalue weighted by Crippen LogP contribution is 2.17. The number of carboxylic acids is 1. The number of carbonyl (C=O) groups is 2. The third kappa shape index (κ3) is 2.62. The highest BCUT2D eigenvalue weighted by molar-refractivity contribution is 6.04. The maximum atomic E-state index is 12.2. The van der Waals surface area contributed by atoms with E-state index in [1.807, 2.05) is 6.92 Å². The molecule has 2 aromatic rings. The van der Waals surface area contributed by atoms with Crippen LogP contribution >= 0.6 is 0 Å². The number of carboxylic acid groups (broad SMARTS) is 1. The second-order valence-electron chi connectivity index (χ2n) is 3.72. The molecule has 98 valence electrons. The summed E-state index contributed by atoms with van der Waals surface area (Å²) >= 11 is 0. The number of rotatable bonds is 4. The van der Waals surface area contributed by atoms with Gasteiger partial charge in [-0.15, -0.1) is 0 Å². The second-order valence-corrected chi connectivity index (χ2v) is 3.72. The summed E-state index contributed by atoms with van der Waals surface area (Å²) in [4.78, 5) is 28.3. The summed E-state index contributed by atoms with van der Waals surface area (Å²) in [5.74, 6) is -1.85. The first-order valence-corrected chi connectivity index (χ1v) is 5.68. The van der Waals surface area contributed by atoms with E-state index in [1.165, 1.54) is 17.0 Å². The number of aromatic carboxylic acids is 1. The first-order chi connectivity index (χ1) is 9.13. The van der Waals surface area contributed by atoms with Crippen molar-refractivity contribution in [1.29, 1.82) is 0 Å². The van der Waals surface area contributed by atoms with Crippen molar-refractivity contribution < 1.29 is 19.1 Å². The molecule has 0 spiro atoms. The summed E-state index contributed by atoms with van der Waals surface area (Å²) < 4.78 is 5.00. The fraction of sp³-hybridized carbons (Fsp3) is 0.154. The normalized spacial score (nSPS) is 10.2. The molecule has 0 aromatic carbocycles. The minimum absolute atomic E-state index is 0.00365. The molecule has 2 heterocycles. The molecule has 6 heteroatoms. The van der Waals surface area contributed by atoms with Crippen LogP contribution in [0.15, 0.2) is 41.1 Å². The van der Waals surface area contributed by atoms with Gasteiger partial charge in [-0.25, -0.2) is 4.79 Å². The van der Waals surface area contributed by atoms with E-state index in [0.29, 0.717) is 12.2 Å². The summed E-state index contributed by atoms with van der Waals surface area (Å²) in [6.45, 7) is 2.26. The number of hydrogen-bond donors (Lipinski definition) is 1. The van der Waals surface area contributed by atoms with Crippen molar-refractivity contribution in [2.45, 2.75) is 6.92 Å². The summed E-state index contributed by atoms with van der Waals surface area (Å²) in [6, 6.07) is 6.01. The van der Waals surface area contributed by atoms with Gasteiger partial charge in [0.15, 0.2) is 5.76 Å². The van der Waals surface area contributed by atoms with Gasteiger partial charge in [0.1, 0.15) is 0 Å². The minimum atomic E-state index is -1.20. The maximum absolute atomic E-state index is 12.2. The number of anilines is 1. The number of furan rings is 1. The van der Waals surface area contributed by atoms with Crippen LogP contribution in [0.5, 0.6) is 0 Å². The maximum Gasteiger partial charge on any atom is 0.371 e. The van der Waals surface area contributed by atoms with Crippen LogP contribution in [-0.4, -0.2) is 28.5 Å². The molecule has 2 aromatic heterocycles. The molecular weight excluding hydrogens is 248 g/mol. The zero-order valence-electron chi connectivity index (χ0n) is 10.2. The molecule has 0 bridgehead atoms. The van der Waals surface area contributed by atoms with Crippen LogP contribution in [0, 0.1) is 0 Å². The van der Waals surface area contributed by atoms with E-state index in [0.717, 1.165) is 0 Å². The van der Waals surface area contributed by atoms with Crippen LogP contribution in [0.3, 0.4) is 0 Å². The first kappa shape index (κ1) is 12.8. The molecule has 0 aliphatic carbocycles. The van der Waals surface area contributed by atoms with Crippen LogP contribution in [0.2, 0.25) is 0 Å². The first-order valence-electron chi connectivity index (χ1n) is 5.68. The molecule has 0 atom stereocenters. The Balaban J connectivity index is 2.28. The number of pyridine rings is 1.